The van der Waals surface area contributed by atoms with Crippen LogP contribution in [0.1, 0.15) is 271 Å². The standard InChI is InChI=1S/C72H127NO13/c1-3-5-7-9-11-13-15-17-19-20-21-22-23-24-25-26-27-28-29-30-31-32-33-34-35-36-37-38-39-40-42-44-46-48-50-52-54-56-64(77)73-60(61(76)55-53-51-49-47-45-43-41-18-16-14-12-10-8-6-4-2)59-83-71-69(82)67(80)70(63(58-75)85-71)86-72-68(81)66(79)65(78)62(57-74)84-72/h5,7,11,13,17,19,21-22,24-25,27-28,53,55,60-63,65-72,74-76,78-82H,3-4,6,8-10,12,14-16,18,20,23,26,29-52,54,56-59H2,1-2H3,(H,73,77)/b7-5-,13-11-,19-17-,22-21-,25-24-,28-27-,55-53+. The van der Waals surface area contributed by atoms with Crippen molar-refractivity contribution >= 4 is 5.91 Å². The van der Waals surface area contributed by atoms with Crippen molar-refractivity contribution in [2.45, 2.75) is 344 Å². The monoisotopic (exact) mass is 1210 g/mol. The van der Waals surface area contributed by atoms with Gasteiger partial charge in [0, 0.05) is 6.42 Å². The summed E-state index contributed by atoms with van der Waals surface area (Å²) in [7, 11) is 0. The van der Waals surface area contributed by atoms with Crippen LogP contribution in [0.25, 0.3) is 0 Å². The molecule has 2 fully saturated rings. The summed E-state index contributed by atoms with van der Waals surface area (Å²) in [6.07, 6.45) is 60.7. The first kappa shape index (κ1) is 79.3. The minimum absolute atomic E-state index is 0.239. The normalized spacial score (nSPS) is 23.9. The Labute approximate surface area is 522 Å². The second-order valence-corrected chi connectivity index (χ2v) is 24.3. The minimum Gasteiger partial charge on any atom is -0.394 e. The number of hydrogen-bond acceptors (Lipinski definition) is 13. The first-order valence-electron chi connectivity index (χ1n) is 34.8. The predicted molar refractivity (Wildman–Crippen MR) is 350 cm³/mol. The fourth-order valence-corrected chi connectivity index (χ4v) is 11.1. The summed E-state index contributed by atoms with van der Waals surface area (Å²) in [5, 5.41) is 87.3. The van der Waals surface area contributed by atoms with Crippen LogP contribution in [-0.2, 0) is 23.7 Å². The molecule has 12 unspecified atom stereocenters. The molecule has 0 aliphatic carbocycles. The molecule has 2 heterocycles. The fraction of sp³-hybridized carbons (Fsp3) is 0.792. The van der Waals surface area contributed by atoms with Gasteiger partial charge in [-0.05, 0) is 70.6 Å². The highest BCUT2D eigenvalue weighted by Crippen LogP contribution is 2.30. The number of nitrogens with one attached hydrogen (secondary N) is 1. The highest BCUT2D eigenvalue weighted by molar-refractivity contribution is 5.76. The van der Waals surface area contributed by atoms with Crippen LogP contribution in [0.4, 0.5) is 0 Å². The van der Waals surface area contributed by atoms with Crippen LogP contribution in [0.2, 0.25) is 0 Å². The lowest BCUT2D eigenvalue weighted by Crippen LogP contribution is -2.65. The molecule has 86 heavy (non-hydrogen) atoms. The van der Waals surface area contributed by atoms with Gasteiger partial charge in [0.1, 0.15) is 48.8 Å². The van der Waals surface area contributed by atoms with Crippen molar-refractivity contribution in [3.8, 4) is 0 Å². The molecule has 2 aliphatic rings. The van der Waals surface area contributed by atoms with E-state index in [1.165, 1.54) is 167 Å². The molecule has 0 saturated carbocycles. The maximum atomic E-state index is 13.3. The molecule has 9 N–H and O–H groups in total. The average Bonchev–Trinajstić information content (AvgIpc) is 1.83. The van der Waals surface area contributed by atoms with E-state index in [9.17, 15) is 45.6 Å². The molecule has 0 bridgehead atoms. The zero-order chi connectivity index (χ0) is 62.3. The van der Waals surface area contributed by atoms with Crippen LogP contribution in [-0.4, -0.2) is 140 Å². The van der Waals surface area contributed by atoms with E-state index in [1.54, 1.807) is 6.08 Å². The van der Waals surface area contributed by atoms with Crippen LogP contribution in [0.15, 0.2) is 85.1 Å². The summed E-state index contributed by atoms with van der Waals surface area (Å²) in [6.45, 7) is 2.70. The number of rotatable bonds is 56. The maximum Gasteiger partial charge on any atom is 0.220 e. The van der Waals surface area contributed by atoms with E-state index >= 15 is 0 Å². The number of amides is 1. The van der Waals surface area contributed by atoms with E-state index in [4.69, 9.17) is 18.9 Å². The second-order valence-electron chi connectivity index (χ2n) is 24.3. The molecular formula is C72H127NO13. The SMILES string of the molecule is CC/C=C\C/C=C\C/C=C\C/C=C\C/C=C\C/C=C\CCCCCCCCCCCCCCCCCCCCC(=O)NC(COC1OC(CO)C(OC2OC(CO)C(O)C(O)C2O)C(O)C1O)C(O)/C=C/CCCCCCCCCCCCCCC. The Kier molecular flexibility index (Phi) is 51.8. The van der Waals surface area contributed by atoms with Gasteiger partial charge in [-0.25, -0.2) is 0 Å². The number of hydrogen-bond donors (Lipinski definition) is 9. The van der Waals surface area contributed by atoms with Gasteiger partial charge < -0.3 is 65.1 Å². The van der Waals surface area contributed by atoms with Crippen LogP contribution in [0.3, 0.4) is 0 Å². The van der Waals surface area contributed by atoms with Crippen molar-refractivity contribution in [3.63, 3.8) is 0 Å². The second kappa shape index (κ2) is 56.2. The molecule has 0 spiro atoms. The minimum atomic E-state index is -1.79. The summed E-state index contributed by atoms with van der Waals surface area (Å²) in [4.78, 5) is 13.3. The molecule has 0 aromatic heterocycles. The Morgan fingerprint density at radius 1 is 0.430 bits per heavy atom. The van der Waals surface area contributed by atoms with E-state index in [2.05, 4.69) is 92.1 Å². The molecule has 0 aromatic carbocycles. The molecule has 14 heteroatoms. The Balaban J connectivity index is 1.60. The number of unbranched alkanes of at least 4 members (excludes halogenated alkanes) is 31. The van der Waals surface area contributed by atoms with Crippen molar-refractivity contribution in [3.05, 3.63) is 85.1 Å². The molecule has 0 radical (unpaired) electrons. The van der Waals surface area contributed by atoms with E-state index in [1.807, 2.05) is 6.08 Å². The van der Waals surface area contributed by atoms with E-state index in [0.29, 0.717) is 6.42 Å². The quantitative estimate of drug-likeness (QED) is 0.0204. The average molecular weight is 1210 g/mol. The third-order valence-corrected chi connectivity index (χ3v) is 16.6. The molecule has 2 aliphatic heterocycles. The van der Waals surface area contributed by atoms with Gasteiger partial charge in [-0.15, -0.1) is 0 Å². The van der Waals surface area contributed by atoms with Crippen LogP contribution < -0.4 is 5.32 Å². The summed E-state index contributed by atoms with van der Waals surface area (Å²) in [5.41, 5.74) is 0. The number of aliphatic hydroxyl groups is 8. The molecule has 1 amide bonds. The van der Waals surface area contributed by atoms with E-state index in [0.717, 1.165) is 77.0 Å². The maximum absolute atomic E-state index is 13.3. The first-order chi connectivity index (χ1) is 42.1. The number of aliphatic hydroxyl groups excluding tert-OH is 8. The summed E-state index contributed by atoms with van der Waals surface area (Å²) < 4.78 is 22.8. The lowest BCUT2D eigenvalue weighted by atomic mass is 9.97. The Bertz CT molecular complexity index is 1770. The number of carbonyl (C=O) groups is 1. The van der Waals surface area contributed by atoms with Gasteiger partial charge in [0.05, 0.1) is 32.0 Å². The van der Waals surface area contributed by atoms with Crippen molar-refractivity contribution in [1.29, 1.82) is 0 Å². The highest BCUT2D eigenvalue weighted by Gasteiger charge is 2.51. The van der Waals surface area contributed by atoms with Crippen LogP contribution in [0.5, 0.6) is 0 Å². The molecule has 0 aromatic rings. The van der Waals surface area contributed by atoms with Crippen LogP contribution in [0, 0.1) is 0 Å². The smallest absolute Gasteiger partial charge is 0.220 e. The predicted octanol–water partition coefficient (Wildman–Crippen LogP) is 14.0. The number of carbonyl (C=O) groups excluding carboxylic acids is 1. The Hall–Kier alpha value is -2.83. The zero-order valence-electron chi connectivity index (χ0n) is 54.0. The Morgan fingerprint density at radius 3 is 1.23 bits per heavy atom. The lowest BCUT2D eigenvalue weighted by Gasteiger charge is -2.46. The number of allylic oxidation sites excluding steroid dienone is 13. The zero-order valence-corrected chi connectivity index (χ0v) is 54.0. The van der Waals surface area contributed by atoms with Gasteiger partial charge in [-0.1, -0.05) is 279 Å². The van der Waals surface area contributed by atoms with Gasteiger partial charge >= 0.3 is 0 Å². The van der Waals surface area contributed by atoms with Gasteiger partial charge in [0.2, 0.25) is 5.91 Å². The van der Waals surface area contributed by atoms with Crippen molar-refractivity contribution in [1.82, 2.24) is 5.32 Å². The largest absolute Gasteiger partial charge is 0.394 e. The summed E-state index contributed by atoms with van der Waals surface area (Å²) in [6, 6.07) is -0.917. The first-order valence-corrected chi connectivity index (χ1v) is 34.8. The Morgan fingerprint density at radius 2 is 0.802 bits per heavy atom. The molecule has 12 atom stereocenters. The molecule has 2 rings (SSSR count). The van der Waals surface area contributed by atoms with Crippen molar-refractivity contribution in [2.75, 3.05) is 19.8 Å². The van der Waals surface area contributed by atoms with Crippen molar-refractivity contribution in [2.24, 2.45) is 0 Å². The summed E-state index contributed by atoms with van der Waals surface area (Å²) >= 11 is 0. The van der Waals surface area contributed by atoms with Gasteiger partial charge in [0.25, 0.3) is 0 Å². The number of ether oxygens (including phenoxy) is 4. The van der Waals surface area contributed by atoms with Gasteiger partial charge in [-0.2, -0.15) is 0 Å². The highest BCUT2D eigenvalue weighted by atomic mass is 16.7. The lowest BCUT2D eigenvalue weighted by molar-refractivity contribution is -0.359. The van der Waals surface area contributed by atoms with E-state index < -0.39 is 86.8 Å². The van der Waals surface area contributed by atoms with Gasteiger partial charge in [-0.3, -0.25) is 4.79 Å². The molecular weight excluding hydrogens is 1090 g/mol. The summed E-state index contributed by atoms with van der Waals surface area (Å²) in [5.74, 6) is -0.239. The fourth-order valence-electron chi connectivity index (χ4n) is 11.1. The molecule has 498 valence electrons. The van der Waals surface area contributed by atoms with Crippen molar-refractivity contribution < 1.29 is 64.6 Å². The third-order valence-electron chi connectivity index (χ3n) is 16.6. The third kappa shape index (κ3) is 40.0. The topological polar surface area (TPSA) is 228 Å². The van der Waals surface area contributed by atoms with Crippen LogP contribution >= 0.6 is 0 Å². The molecule has 14 nitrogen and oxygen atoms in total. The van der Waals surface area contributed by atoms with E-state index in [-0.39, 0.29) is 18.9 Å². The van der Waals surface area contributed by atoms with Gasteiger partial charge in [0.15, 0.2) is 12.6 Å². The molecule has 2 saturated heterocycles.